The molecule has 4 rings (SSSR count). The van der Waals surface area contributed by atoms with E-state index in [1.165, 1.54) is 29.1 Å². The van der Waals surface area contributed by atoms with Gasteiger partial charge in [0.05, 0.1) is 6.92 Å². The second kappa shape index (κ2) is 9.74. The van der Waals surface area contributed by atoms with Gasteiger partial charge in [-0.25, -0.2) is 4.79 Å². The minimum atomic E-state index is -1.01. The van der Waals surface area contributed by atoms with Crippen molar-refractivity contribution in [2.24, 2.45) is 11.3 Å². The number of aliphatic hydroxyl groups excluding tert-OH is 2. The summed E-state index contributed by atoms with van der Waals surface area (Å²) in [6, 6.07) is 0. The van der Waals surface area contributed by atoms with E-state index in [0.29, 0.717) is 11.3 Å². The Bertz CT molecular complexity index is 701. The highest BCUT2D eigenvalue weighted by Gasteiger charge is 2.54. The van der Waals surface area contributed by atoms with Crippen LogP contribution < -0.4 is 10.6 Å². The van der Waals surface area contributed by atoms with E-state index >= 15 is 0 Å². The maximum atomic E-state index is 11.2. The number of amides is 1. The van der Waals surface area contributed by atoms with Gasteiger partial charge in [-0.2, -0.15) is 0 Å². The lowest BCUT2D eigenvalue weighted by Crippen LogP contribution is -2.47. The van der Waals surface area contributed by atoms with E-state index in [1.807, 2.05) is 4.90 Å². The molecule has 4 aliphatic rings. The quantitative estimate of drug-likeness (QED) is 0.174. The lowest BCUT2D eigenvalue weighted by atomic mass is 9.91. The first-order valence-electron chi connectivity index (χ1n) is 11.6. The first-order valence-corrected chi connectivity index (χ1v) is 11.6. The molecule has 1 amide bonds. The molecule has 31 heavy (non-hydrogen) atoms. The normalized spacial score (nSPS) is 28.3. The van der Waals surface area contributed by atoms with Gasteiger partial charge in [0.1, 0.15) is 6.72 Å². The summed E-state index contributed by atoms with van der Waals surface area (Å²) in [5.41, 5.74) is 3.34. The Hall–Kier alpha value is -1.20. The number of carbonyl (C=O) groups excluding carboxylic acids is 1. The lowest BCUT2D eigenvalue weighted by Gasteiger charge is -2.35. The minimum absolute atomic E-state index is 0.0200. The van der Waals surface area contributed by atoms with Gasteiger partial charge < -0.3 is 15.5 Å². The summed E-state index contributed by atoms with van der Waals surface area (Å²) < 4.78 is 6.56. The predicted molar refractivity (Wildman–Crippen MR) is 116 cm³/mol. The fourth-order valence-corrected chi connectivity index (χ4v) is 5.31. The van der Waals surface area contributed by atoms with Crippen molar-refractivity contribution in [1.29, 1.82) is 0 Å². The number of piperidine rings is 1. The van der Waals surface area contributed by atoms with Gasteiger partial charge in [0.2, 0.25) is 6.41 Å². The summed E-state index contributed by atoms with van der Waals surface area (Å²) in [6.45, 7) is 11.2. The Balaban J connectivity index is 1.15. The fraction of sp³-hybridized carbons (Fsp3) is 0.818. The van der Waals surface area contributed by atoms with E-state index < -0.39 is 12.8 Å². The zero-order valence-electron chi connectivity index (χ0n) is 18.7. The number of nitrogens with one attached hydrogen (secondary N) is 2. The first kappa shape index (κ1) is 23.0. The van der Waals surface area contributed by atoms with Crippen LogP contribution in [-0.4, -0.2) is 103 Å². The van der Waals surface area contributed by atoms with Gasteiger partial charge in [-0.3, -0.25) is 19.9 Å². The smallest absolute Gasteiger partial charge is 0.365 e. The lowest BCUT2D eigenvalue weighted by molar-refractivity contribution is -0.502. The van der Waals surface area contributed by atoms with Crippen LogP contribution in [0.5, 0.6) is 0 Å². The topological polar surface area (TPSA) is 100 Å². The molecule has 2 fully saturated rings. The molecule has 4 N–H and O–H groups in total. The number of likely N-dealkylation sites (tertiary alicyclic amines) is 1. The van der Waals surface area contributed by atoms with E-state index in [4.69, 9.17) is 4.74 Å². The average molecular weight is 437 g/mol. The number of ether oxygens (including phenoxy) is 1. The van der Waals surface area contributed by atoms with E-state index in [-0.39, 0.29) is 12.6 Å². The number of hydrogen-bond acceptors (Lipinski definition) is 8. The third kappa shape index (κ3) is 5.42. The molecule has 9 heteroatoms. The van der Waals surface area contributed by atoms with Gasteiger partial charge >= 0.3 is 5.91 Å². The van der Waals surface area contributed by atoms with Crippen molar-refractivity contribution >= 4 is 12.6 Å². The molecule has 0 radical (unpaired) electrons. The fourth-order valence-electron chi connectivity index (χ4n) is 5.31. The molecule has 0 aromatic rings. The second-order valence-electron chi connectivity index (χ2n) is 9.62. The maximum Gasteiger partial charge on any atom is 0.385 e. The van der Waals surface area contributed by atoms with Crippen molar-refractivity contribution in [3.05, 3.63) is 11.1 Å². The molecular formula is C22H38N5O4+. The van der Waals surface area contributed by atoms with Crippen LogP contribution in [0.4, 0.5) is 0 Å². The SMILES string of the molecule is C=[N+](COC(O)N1CCC2(CC1)CC2CNC(O)N1CC2=C(CCNCC2)C1)C(C)=O. The molecule has 0 bridgehead atoms. The van der Waals surface area contributed by atoms with Gasteiger partial charge in [-0.15, -0.1) is 4.58 Å². The van der Waals surface area contributed by atoms with Crippen molar-refractivity contribution in [2.45, 2.75) is 51.8 Å². The molecule has 1 saturated heterocycles. The van der Waals surface area contributed by atoms with Gasteiger partial charge in [0.25, 0.3) is 6.73 Å². The van der Waals surface area contributed by atoms with Gasteiger partial charge in [0.15, 0.2) is 6.35 Å². The third-order valence-corrected chi connectivity index (χ3v) is 7.68. The van der Waals surface area contributed by atoms with Crippen molar-refractivity contribution in [3.8, 4) is 0 Å². The summed E-state index contributed by atoms with van der Waals surface area (Å²) in [6.07, 6.45) is 3.81. The highest BCUT2D eigenvalue weighted by Crippen LogP contribution is 2.59. The van der Waals surface area contributed by atoms with Gasteiger partial charge in [-0.1, -0.05) is 11.1 Å². The van der Waals surface area contributed by atoms with Crippen molar-refractivity contribution in [2.75, 3.05) is 52.5 Å². The number of aliphatic hydroxyl groups is 2. The molecular weight excluding hydrogens is 398 g/mol. The molecule has 1 saturated carbocycles. The van der Waals surface area contributed by atoms with Crippen LogP contribution in [0, 0.1) is 11.3 Å². The zero-order valence-corrected chi connectivity index (χ0v) is 18.7. The number of carbonyl (C=O) groups is 1. The zero-order chi connectivity index (χ0) is 22.0. The average Bonchev–Trinajstić information content (AvgIpc) is 3.35. The van der Waals surface area contributed by atoms with E-state index in [9.17, 15) is 15.0 Å². The highest BCUT2D eigenvalue weighted by molar-refractivity contribution is 5.65. The van der Waals surface area contributed by atoms with Crippen molar-refractivity contribution in [3.63, 3.8) is 0 Å². The van der Waals surface area contributed by atoms with Crippen LogP contribution in [0.15, 0.2) is 11.1 Å². The summed E-state index contributed by atoms with van der Waals surface area (Å²) >= 11 is 0. The van der Waals surface area contributed by atoms with E-state index in [0.717, 1.165) is 71.5 Å². The van der Waals surface area contributed by atoms with Crippen LogP contribution in [0.3, 0.4) is 0 Å². The molecule has 3 atom stereocenters. The molecule has 3 heterocycles. The molecule has 9 nitrogen and oxygen atoms in total. The Labute approximate surface area is 184 Å². The second-order valence-corrected chi connectivity index (χ2v) is 9.62. The minimum Gasteiger partial charge on any atom is -0.365 e. The van der Waals surface area contributed by atoms with Crippen molar-refractivity contribution in [1.82, 2.24) is 20.4 Å². The molecule has 1 aliphatic carbocycles. The molecule has 0 aromatic carbocycles. The van der Waals surface area contributed by atoms with Crippen LogP contribution in [0.2, 0.25) is 0 Å². The monoisotopic (exact) mass is 436 g/mol. The maximum absolute atomic E-state index is 11.2. The standard InChI is InChI=1S/C22H38N5O4/c1-16(28)25(2)15-31-21(30)26-9-5-22(6-10-26)11-19(22)12-24-20(29)27-13-17-3-7-23-8-4-18(17)14-27/h19-21,23-24,29-30H,2-15H2,1H3/q+1. The number of rotatable bonds is 8. The third-order valence-electron chi connectivity index (χ3n) is 7.68. The van der Waals surface area contributed by atoms with E-state index in [2.05, 4.69) is 22.3 Å². The molecule has 1 spiro atoms. The summed E-state index contributed by atoms with van der Waals surface area (Å²) in [4.78, 5) is 15.2. The predicted octanol–water partition coefficient (Wildman–Crippen LogP) is -0.541. The highest BCUT2D eigenvalue weighted by atomic mass is 16.6. The van der Waals surface area contributed by atoms with Crippen LogP contribution in [-0.2, 0) is 9.53 Å². The molecule has 174 valence electrons. The Morgan fingerprint density at radius 1 is 1.26 bits per heavy atom. The van der Waals surface area contributed by atoms with Gasteiger partial charge in [0, 0.05) is 32.7 Å². The Morgan fingerprint density at radius 2 is 1.90 bits per heavy atom. The molecule has 0 aromatic heterocycles. The van der Waals surface area contributed by atoms with Crippen molar-refractivity contribution < 1.29 is 24.3 Å². The summed E-state index contributed by atoms with van der Waals surface area (Å²) in [5, 5.41) is 27.7. The Morgan fingerprint density at radius 3 is 2.52 bits per heavy atom. The van der Waals surface area contributed by atoms with E-state index in [1.54, 1.807) is 0 Å². The number of hydrogen-bond donors (Lipinski definition) is 4. The van der Waals surface area contributed by atoms with Gasteiger partial charge in [-0.05, 0) is 56.5 Å². The molecule has 3 unspecified atom stereocenters. The van der Waals surface area contributed by atoms with Crippen LogP contribution in [0.25, 0.3) is 0 Å². The molecule has 3 aliphatic heterocycles. The summed E-state index contributed by atoms with van der Waals surface area (Å²) in [7, 11) is 0. The summed E-state index contributed by atoms with van der Waals surface area (Å²) in [5.74, 6) is 0.380. The number of nitrogens with zero attached hydrogens (tertiary/aromatic N) is 3. The first-order chi connectivity index (χ1) is 14.9. The van der Waals surface area contributed by atoms with Crippen LogP contribution >= 0.6 is 0 Å². The Kier molecular flexibility index (Phi) is 7.22. The largest absolute Gasteiger partial charge is 0.385 e. The van der Waals surface area contributed by atoms with Crippen LogP contribution in [0.1, 0.15) is 39.0 Å².